The molecule has 1 heterocycles. The van der Waals surface area contributed by atoms with Crippen molar-refractivity contribution in [2.24, 2.45) is 5.84 Å². The Morgan fingerprint density at radius 2 is 2.06 bits per heavy atom. The predicted molar refractivity (Wildman–Crippen MR) is 71.7 cm³/mol. The highest BCUT2D eigenvalue weighted by Crippen LogP contribution is 2.33. The predicted octanol–water partition coefficient (Wildman–Crippen LogP) is 3.22. The number of aromatic nitrogens is 2. The molecule has 0 amide bonds. The van der Waals surface area contributed by atoms with Gasteiger partial charge in [0.1, 0.15) is 11.6 Å². The second-order valence-electron chi connectivity index (χ2n) is 3.17. The molecule has 0 aliphatic rings. The Morgan fingerprint density at radius 3 is 2.78 bits per heavy atom. The number of anilines is 1. The van der Waals surface area contributed by atoms with Crippen molar-refractivity contribution in [3.63, 3.8) is 0 Å². The summed E-state index contributed by atoms with van der Waals surface area (Å²) < 4.78 is 19.7. The molecule has 0 radical (unpaired) electrons. The third kappa shape index (κ3) is 2.95. The Morgan fingerprint density at radius 1 is 1.28 bits per heavy atom. The molecular weight excluding hydrogens is 371 g/mol. The number of nitrogens with zero attached hydrogens (tertiary/aromatic N) is 2. The van der Waals surface area contributed by atoms with Gasteiger partial charge in [-0.25, -0.2) is 15.2 Å². The molecule has 0 aliphatic carbocycles. The summed E-state index contributed by atoms with van der Waals surface area (Å²) in [5, 5.41) is 0. The number of nitrogens with one attached hydrogen (secondary N) is 1. The van der Waals surface area contributed by atoms with Gasteiger partial charge in [0.2, 0.25) is 11.8 Å². The second kappa shape index (κ2) is 5.59. The van der Waals surface area contributed by atoms with Gasteiger partial charge in [-0.3, -0.25) is 5.43 Å². The fraction of sp³-hybridized carbons (Fsp3) is 0. The molecule has 5 nitrogen and oxygen atoms in total. The maximum absolute atomic E-state index is 13.1. The molecule has 0 saturated carbocycles. The van der Waals surface area contributed by atoms with Gasteiger partial charge < -0.3 is 4.74 Å². The van der Waals surface area contributed by atoms with E-state index in [9.17, 15) is 4.39 Å². The summed E-state index contributed by atoms with van der Waals surface area (Å²) in [4.78, 5) is 7.88. The Bertz CT molecular complexity index is 582. The third-order valence-electron chi connectivity index (χ3n) is 1.94. The molecule has 1 aromatic heterocycles. The maximum Gasteiger partial charge on any atom is 0.240 e. The number of hydrogen-bond acceptors (Lipinski definition) is 5. The molecule has 0 spiro atoms. The van der Waals surface area contributed by atoms with E-state index in [-0.39, 0.29) is 11.8 Å². The highest BCUT2D eigenvalue weighted by molar-refractivity contribution is 9.11. The van der Waals surface area contributed by atoms with Crippen LogP contribution in [0, 0.1) is 5.82 Å². The summed E-state index contributed by atoms with van der Waals surface area (Å²) in [5.74, 6) is 5.52. The fourth-order valence-corrected chi connectivity index (χ4v) is 1.75. The van der Waals surface area contributed by atoms with Gasteiger partial charge in [0.25, 0.3) is 0 Å². The van der Waals surface area contributed by atoms with Crippen LogP contribution in [-0.4, -0.2) is 9.97 Å². The molecule has 0 saturated heterocycles. The molecule has 3 N–H and O–H groups in total. The normalized spacial score (nSPS) is 10.2. The zero-order valence-corrected chi connectivity index (χ0v) is 12.0. The molecular formula is C10H7Br2FN4O. The van der Waals surface area contributed by atoms with E-state index in [2.05, 4.69) is 47.3 Å². The van der Waals surface area contributed by atoms with Crippen molar-refractivity contribution < 1.29 is 9.13 Å². The van der Waals surface area contributed by atoms with Crippen LogP contribution in [0.3, 0.4) is 0 Å². The van der Waals surface area contributed by atoms with Crippen LogP contribution < -0.4 is 16.0 Å². The zero-order valence-electron chi connectivity index (χ0n) is 8.82. The summed E-state index contributed by atoms with van der Waals surface area (Å²) in [7, 11) is 0. The molecule has 2 aromatic rings. The lowest BCUT2D eigenvalue weighted by Crippen LogP contribution is -2.10. The SMILES string of the molecule is NNc1ncc(Br)c(Oc2cc(F)ccc2Br)n1. The molecule has 0 bridgehead atoms. The number of halogens is 3. The lowest BCUT2D eigenvalue weighted by Gasteiger charge is -2.09. The van der Waals surface area contributed by atoms with Crippen LogP contribution in [-0.2, 0) is 0 Å². The van der Waals surface area contributed by atoms with Crippen molar-refractivity contribution in [3.8, 4) is 11.6 Å². The summed E-state index contributed by atoms with van der Waals surface area (Å²) in [5.41, 5.74) is 2.30. The van der Waals surface area contributed by atoms with E-state index in [1.165, 1.54) is 18.3 Å². The lowest BCUT2D eigenvalue weighted by atomic mass is 10.3. The van der Waals surface area contributed by atoms with Gasteiger partial charge in [-0.15, -0.1) is 0 Å². The summed E-state index contributed by atoms with van der Waals surface area (Å²) in [6, 6.07) is 4.11. The number of hydrazine groups is 1. The van der Waals surface area contributed by atoms with Crippen LogP contribution in [0.15, 0.2) is 33.3 Å². The number of benzene rings is 1. The molecule has 18 heavy (non-hydrogen) atoms. The first-order valence-electron chi connectivity index (χ1n) is 4.72. The van der Waals surface area contributed by atoms with E-state index in [4.69, 9.17) is 10.6 Å². The maximum atomic E-state index is 13.1. The van der Waals surface area contributed by atoms with Gasteiger partial charge in [-0.1, -0.05) is 0 Å². The molecule has 0 fully saturated rings. The molecule has 0 unspecified atom stereocenters. The van der Waals surface area contributed by atoms with Crippen molar-refractivity contribution >= 4 is 37.8 Å². The lowest BCUT2D eigenvalue weighted by molar-refractivity contribution is 0.451. The van der Waals surface area contributed by atoms with Gasteiger partial charge in [-0.05, 0) is 44.0 Å². The van der Waals surface area contributed by atoms with E-state index in [1.54, 1.807) is 6.07 Å². The smallest absolute Gasteiger partial charge is 0.240 e. The van der Waals surface area contributed by atoms with Crippen molar-refractivity contribution in [1.82, 2.24) is 9.97 Å². The minimum Gasteiger partial charge on any atom is -0.436 e. The standard InChI is InChI=1S/C10H7Br2FN4O/c11-6-2-1-5(13)3-8(6)18-9-7(12)4-15-10(16-9)17-14/h1-4H,14H2,(H,15,16,17). The molecule has 2 rings (SSSR count). The van der Waals surface area contributed by atoms with Gasteiger partial charge in [0.15, 0.2) is 0 Å². The average Bonchev–Trinajstić information content (AvgIpc) is 2.36. The Labute approximate surface area is 119 Å². The quantitative estimate of drug-likeness (QED) is 0.634. The monoisotopic (exact) mass is 376 g/mol. The van der Waals surface area contributed by atoms with Crippen LogP contribution in [0.1, 0.15) is 0 Å². The van der Waals surface area contributed by atoms with Crippen molar-refractivity contribution in [3.05, 3.63) is 39.2 Å². The van der Waals surface area contributed by atoms with Crippen LogP contribution in [0.4, 0.5) is 10.3 Å². The Balaban J connectivity index is 2.36. The number of hydrogen-bond donors (Lipinski definition) is 2. The first-order valence-corrected chi connectivity index (χ1v) is 6.31. The highest BCUT2D eigenvalue weighted by Gasteiger charge is 2.10. The average molecular weight is 378 g/mol. The molecule has 0 atom stereocenters. The second-order valence-corrected chi connectivity index (χ2v) is 4.88. The van der Waals surface area contributed by atoms with Crippen molar-refractivity contribution in [1.29, 1.82) is 0 Å². The summed E-state index contributed by atoms with van der Waals surface area (Å²) in [6.07, 6.45) is 1.48. The van der Waals surface area contributed by atoms with E-state index in [1.807, 2.05) is 0 Å². The molecule has 0 aliphatic heterocycles. The Hall–Kier alpha value is -1.25. The number of rotatable bonds is 3. The number of nitrogens with two attached hydrogens (primary N) is 1. The Kier molecular flexibility index (Phi) is 4.10. The largest absolute Gasteiger partial charge is 0.436 e. The number of ether oxygens (including phenoxy) is 1. The third-order valence-corrected chi connectivity index (χ3v) is 3.14. The van der Waals surface area contributed by atoms with Gasteiger partial charge in [-0.2, -0.15) is 4.98 Å². The van der Waals surface area contributed by atoms with E-state index >= 15 is 0 Å². The van der Waals surface area contributed by atoms with E-state index < -0.39 is 5.82 Å². The van der Waals surface area contributed by atoms with E-state index in [0.29, 0.717) is 14.7 Å². The summed E-state index contributed by atoms with van der Waals surface area (Å²) >= 11 is 6.49. The molecule has 8 heteroatoms. The van der Waals surface area contributed by atoms with Gasteiger partial charge >= 0.3 is 0 Å². The first kappa shape index (κ1) is 13.2. The number of nitrogen functional groups attached to an aromatic ring is 1. The van der Waals surface area contributed by atoms with Crippen molar-refractivity contribution in [2.75, 3.05) is 5.43 Å². The van der Waals surface area contributed by atoms with Crippen molar-refractivity contribution in [2.45, 2.75) is 0 Å². The first-order chi connectivity index (χ1) is 8.60. The van der Waals surface area contributed by atoms with Crippen LogP contribution in [0.25, 0.3) is 0 Å². The van der Waals surface area contributed by atoms with Crippen LogP contribution >= 0.6 is 31.9 Å². The highest BCUT2D eigenvalue weighted by atomic mass is 79.9. The minimum absolute atomic E-state index is 0.195. The summed E-state index contributed by atoms with van der Waals surface area (Å²) in [6.45, 7) is 0. The topological polar surface area (TPSA) is 73.1 Å². The van der Waals surface area contributed by atoms with Gasteiger partial charge in [0.05, 0.1) is 15.1 Å². The van der Waals surface area contributed by atoms with Gasteiger partial charge in [0, 0.05) is 6.07 Å². The molecule has 1 aromatic carbocycles. The minimum atomic E-state index is -0.407. The fourth-order valence-electron chi connectivity index (χ4n) is 1.15. The van der Waals surface area contributed by atoms with Crippen LogP contribution in [0.2, 0.25) is 0 Å². The van der Waals surface area contributed by atoms with E-state index in [0.717, 1.165) is 0 Å². The zero-order chi connectivity index (χ0) is 13.1. The molecule has 94 valence electrons. The van der Waals surface area contributed by atoms with Crippen LogP contribution in [0.5, 0.6) is 11.6 Å².